The molecule has 3 heterocycles. The van der Waals surface area contributed by atoms with Gasteiger partial charge in [0.2, 0.25) is 5.91 Å². The summed E-state index contributed by atoms with van der Waals surface area (Å²) in [6.07, 6.45) is 2.12. The first-order valence-corrected chi connectivity index (χ1v) is 7.38. The lowest BCUT2D eigenvalue weighted by Gasteiger charge is -2.27. The van der Waals surface area contributed by atoms with Crippen LogP contribution in [0, 0.1) is 0 Å². The Labute approximate surface area is 118 Å². The fourth-order valence-electron chi connectivity index (χ4n) is 2.92. The summed E-state index contributed by atoms with van der Waals surface area (Å²) < 4.78 is 2.13. The first kappa shape index (κ1) is 13.5. The predicted molar refractivity (Wildman–Crippen MR) is 74.2 cm³/mol. The van der Waals surface area contributed by atoms with Crippen molar-refractivity contribution < 1.29 is 4.79 Å². The standard InChI is InChI=1S/C13H22N6O/c1-10(13-17-16-11-3-2-6-19(11)13)15-12(20)9-18-7-4-14-5-8-18/h10,14H,2-9H2,1H3,(H,15,20). The van der Waals surface area contributed by atoms with E-state index in [0.29, 0.717) is 6.54 Å². The lowest BCUT2D eigenvalue weighted by molar-refractivity contribution is -0.123. The van der Waals surface area contributed by atoms with E-state index in [9.17, 15) is 4.79 Å². The zero-order valence-electron chi connectivity index (χ0n) is 11.9. The molecule has 1 unspecified atom stereocenters. The van der Waals surface area contributed by atoms with E-state index in [4.69, 9.17) is 0 Å². The van der Waals surface area contributed by atoms with Gasteiger partial charge in [0.1, 0.15) is 5.82 Å². The summed E-state index contributed by atoms with van der Waals surface area (Å²) in [5.74, 6) is 1.99. The number of piperazine rings is 1. The fraction of sp³-hybridized carbons (Fsp3) is 0.769. The smallest absolute Gasteiger partial charge is 0.234 e. The van der Waals surface area contributed by atoms with Gasteiger partial charge in [0.05, 0.1) is 12.6 Å². The molecule has 1 saturated heterocycles. The molecule has 1 atom stereocenters. The van der Waals surface area contributed by atoms with Gasteiger partial charge in [-0.1, -0.05) is 0 Å². The van der Waals surface area contributed by atoms with Crippen LogP contribution in [0.3, 0.4) is 0 Å². The van der Waals surface area contributed by atoms with Crippen molar-refractivity contribution in [1.29, 1.82) is 0 Å². The van der Waals surface area contributed by atoms with E-state index < -0.39 is 0 Å². The molecule has 7 heteroatoms. The van der Waals surface area contributed by atoms with Crippen LogP contribution in [-0.4, -0.2) is 58.3 Å². The van der Waals surface area contributed by atoms with Gasteiger partial charge in [-0.3, -0.25) is 9.69 Å². The molecule has 3 rings (SSSR count). The molecule has 1 amide bonds. The molecular weight excluding hydrogens is 256 g/mol. The molecule has 0 aromatic carbocycles. The zero-order valence-corrected chi connectivity index (χ0v) is 11.9. The predicted octanol–water partition coefficient (Wildman–Crippen LogP) is -0.693. The largest absolute Gasteiger partial charge is 0.345 e. The van der Waals surface area contributed by atoms with E-state index in [1.54, 1.807) is 0 Å². The van der Waals surface area contributed by atoms with Crippen LogP contribution in [0.5, 0.6) is 0 Å². The number of carbonyl (C=O) groups is 1. The molecule has 7 nitrogen and oxygen atoms in total. The summed E-state index contributed by atoms with van der Waals surface area (Å²) >= 11 is 0. The van der Waals surface area contributed by atoms with Crippen LogP contribution >= 0.6 is 0 Å². The molecular formula is C13H22N6O. The molecule has 0 radical (unpaired) electrons. The highest BCUT2D eigenvalue weighted by Gasteiger charge is 2.23. The summed E-state index contributed by atoms with van der Waals surface area (Å²) in [6, 6.07) is -0.0789. The number of hydrogen-bond acceptors (Lipinski definition) is 5. The number of nitrogens with one attached hydrogen (secondary N) is 2. The van der Waals surface area contributed by atoms with Crippen molar-refractivity contribution in [3.8, 4) is 0 Å². The van der Waals surface area contributed by atoms with E-state index in [2.05, 4.69) is 30.3 Å². The highest BCUT2D eigenvalue weighted by atomic mass is 16.2. The maximum Gasteiger partial charge on any atom is 0.234 e. The normalized spacial score (nSPS) is 20.6. The Morgan fingerprint density at radius 1 is 1.35 bits per heavy atom. The summed E-state index contributed by atoms with van der Waals surface area (Å²) in [6.45, 7) is 7.19. The van der Waals surface area contributed by atoms with Gasteiger partial charge in [0, 0.05) is 39.1 Å². The number of aromatic nitrogens is 3. The molecule has 0 saturated carbocycles. The summed E-state index contributed by atoms with van der Waals surface area (Å²) in [5, 5.41) is 14.7. The van der Waals surface area contributed by atoms with Crippen molar-refractivity contribution in [2.75, 3.05) is 32.7 Å². The Morgan fingerprint density at radius 2 is 2.15 bits per heavy atom. The van der Waals surface area contributed by atoms with Crippen LogP contribution < -0.4 is 10.6 Å². The zero-order chi connectivity index (χ0) is 13.9. The second-order valence-electron chi connectivity index (χ2n) is 5.54. The van der Waals surface area contributed by atoms with Gasteiger partial charge in [-0.2, -0.15) is 0 Å². The van der Waals surface area contributed by atoms with E-state index in [0.717, 1.165) is 57.2 Å². The number of hydrogen-bond donors (Lipinski definition) is 2. The van der Waals surface area contributed by atoms with Crippen LogP contribution in [0.15, 0.2) is 0 Å². The van der Waals surface area contributed by atoms with E-state index >= 15 is 0 Å². The van der Waals surface area contributed by atoms with Crippen molar-refractivity contribution in [2.24, 2.45) is 0 Å². The number of nitrogens with zero attached hydrogens (tertiary/aromatic N) is 4. The van der Waals surface area contributed by atoms with Crippen molar-refractivity contribution in [1.82, 2.24) is 30.3 Å². The monoisotopic (exact) mass is 278 g/mol. The van der Waals surface area contributed by atoms with E-state index in [1.807, 2.05) is 6.92 Å². The van der Waals surface area contributed by atoms with Gasteiger partial charge in [-0.05, 0) is 13.3 Å². The third kappa shape index (κ3) is 2.83. The van der Waals surface area contributed by atoms with Gasteiger partial charge in [0.25, 0.3) is 0 Å². The SMILES string of the molecule is CC(NC(=O)CN1CCNCC1)c1nnc2n1CCC2. The quantitative estimate of drug-likeness (QED) is 0.762. The highest BCUT2D eigenvalue weighted by Crippen LogP contribution is 2.18. The third-order valence-electron chi connectivity index (χ3n) is 3.98. The molecule has 110 valence electrons. The number of aryl methyl sites for hydroxylation is 1. The van der Waals surface area contributed by atoms with Crippen molar-refractivity contribution >= 4 is 5.91 Å². The number of fused-ring (bicyclic) bond motifs is 1. The van der Waals surface area contributed by atoms with Crippen molar-refractivity contribution in [2.45, 2.75) is 32.4 Å². The minimum Gasteiger partial charge on any atom is -0.345 e. The molecule has 2 N–H and O–H groups in total. The van der Waals surface area contributed by atoms with Gasteiger partial charge < -0.3 is 15.2 Å². The summed E-state index contributed by atoms with van der Waals surface area (Å²) in [5.41, 5.74) is 0. The minimum absolute atomic E-state index is 0.0646. The molecule has 2 aliphatic heterocycles. The molecule has 1 fully saturated rings. The van der Waals surface area contributed by atoms with Crippen LogP contribution in [0.2, 0.25) is 0 Å². The van der Waals surface area contributed by atoms with Crippen LogP contribution in [0.4, 0.5) is 0 Å². The highest BCUT2D eigenvalue weighted by molar-refractivity contribution is 5.78. The van der Waals surface area contributed by atoms with Crippen molar-refractivity contribution in [3.63, 3.8) is 0 Å². The molecule has 20 heavy (non-hydrogen) atoms. The summed E-state index contributed by atoms with van der Waals surface area (Å²) in [4.78, 5) is 14.3. The van der Waals surface area contributed by atoms with E-state index in [-0.39, 0.29) is 11.9 Å². The average molecular weight is 278 g/mol. The molecule has 0 aliphatic carbocycles. The van der Waals surface area contributed by atoms with E-state index in [1.165, 1.54) is 0 Å². The number of amides is 1. The Balaban J connectivity index is 1.55. The Bertz CT molecular complexity index is 479. The molecule has 1 aromatic rings. The van der Waals surface area contributed by atoms with Gasteiger partial charge >= 0.3 is 0 Å². The Kier molecular flexibility index (Phi) is 3.98. The molecule has 2 aliphatic rings. The number of carbonyl (C=O) groups excluding carboxylic acids is 1. The van der Waals surface area contributed by atoms with Gasteiger partial charge in [-0.25, -0.2) is 0 Å². The van der Waals surface area contributed by atoms with Crippen LogP contribution in [0.25, 0.3) is 0 Å². The third-order valence-corrected chi connectivity index (χ3v) is 3.98. The lowest BCUT2D eigenvalue weighted by Crippen LogP contribution is -2.47. The van der Waals surface area contributed by atoms with Crippen LogP contribution in [0.1, 0.15) is 31.0 Å². The minimum atomic E-state index is -0.0789. The molecule has 0 spiro atoms. The second-order valence-corrected chi connectivity index (χ2v) is 5.54. The first-order chi connectivity index (χ1) is 9.74. The Morgan fingerprint density at radius 3 is 2.95 bits per heavy atom. The second kappa shape index (κ2) is 5.88. The van der Waals surface area contributed by atoms with Crippen molar-refractivity contribution in [3.05, 3.63) is 11.6 Å². The Hall–Kier alpha value is -1.47. The lowest BCUT2D eigenvalue weighted by atomic mass is 10.3. The molecule has 0 bridgehead atoms. The summed E-state index contributed by atoms with van der Waals surface area (Å²) in [7, 11) is 0. The maximum atomic E-state index is 12.1. The topological polar surface area (TPSA) is 75.1 Å². The fourth-order valence-corrected chi connectivity index (χ4v) is 2.92. The van der Waals surface area contributed by atoms with Gasteiger partial charge in [0.15, 0.2) is 5.82 Å². The first-order valence-electron chi connectivity index (χ1n) is 7.38. The average Bonchev–Trinajstić information content (AvgIpc) is 3.01. The number of rotatable bonds is 4. The van der Waals surface area contributed by atoms with Crippen LogP contribution in [-0.2, 0) is 17.8 Å². The maximum absolute atomic E-state index is 12.1. The molecule has 1 aromatic heterocycles. The van der Waals surface area contributed by atoms with Gasteiger partial charge in [-0.15, -0.1) is 10.2 Å².